The summed E-state index contributed by atoms with van der Waals surface area (Å²) in [5.74, 6) is 0.220. The van der Waals surface area contributed by atoms with Crippen LogP contribution in [0.4, 0.5) is 14.9 Å². The lowest BCUT2D eigenvalue weighted by Gasteiger charge is -2.61. The third-order valence-corrected chi connectivity index (χ3v) is 5.95. The van der Waals surface area contributed by atoms with Crippen LogP contribution in [0.2, 0.25) is 0 Å². The van der Waals surface area contributed by atoms with Gasteiger partial charge in [0.05, 0.1) is 5.54 Å². The van der Waals surface area contributed by atoms with Crippen LogP contribution in [-0.4, -0.2) is 17.5 Å². The van der Waals surface area contributed by atoms with Crippen molar-refractivity contribution in [1.82, 2.24) is 4.90 Å². The summed E-state index contributed by atoms with van der Waals surface area (Å²) < 4.78 is 13.8. The molecule has 4 heteroatoms. The predicted octanol–water partition coefficient (Wildman–Crippen LogP) is 5.07. The van der Waals surface area contributed by atoms with Gasteiger partial charge in [-0.25, -0.2) is 9.18 Å². The number of hydrogen-bond acceptors (Lipinski definition) is 1. The maximum Gasteiger partial charge on any atom is 0.322 e. The average Bonchev–Trinajstić information content (AvgIpc) is 2.61. The summed E-state index contributed by atoms with van der Waals surface area (Å²) in [4.78, 5) is 14.9. The van der Waals surface area contributed by atoms with Crippen LogP contribution in [0.25, 0.3) is 0 Å². The van der Waals surface area contributed by atoms with Crippen LogP contribution in [0, 0.1) is 18.7 Å². The summed E-state index contributed by atoms with van der Waals surface area (Å²) in [5, 5.41) is 2.93. The normalized spacial score (nSPS) is 25.0. The van der Waals surface area contributed by atoms with Gasteiger partial charge >= 0.3 is 6.03 Å². The highest BCUT2D eigenvalue weighted by molar-refractivity contribution is 5.91. The van der Waals surface area contributed by atoms with Gasteiger partial charge in [-0.3, -0.25) is 0 Å². The largest absolute Gasteiger partial charge is 0.322 e. The molecule has 1 aliphatic heterocycles. The number of likely N-dealkylation sites (tertiary alicyclic amines) is 1. The average molecular weight is 338 g/mol. The Bertz CT molecular complexity index is 792. The van der Waals surface area contributed by atoms with Gasteiger partial charge < -0.3 is 10.2 Å². The summed E-state index contributed by atoms with van der Waals surface area (Å²) in [7, 11) is 0. The van der Waals surface area contributed by atoms with Crippen molar-refractivity contribution in [2.75, 3.05) is 11.9 Å². The summed E-state index contributed by atoms with van der Waals surface area (Å²) in [6, 6.07) is 15.0. The maximum absolute atomic E-state index is 13.8. The molecule has 0 spiro atoms. The predicted molar refractivity (Wildman–Crippen MR) is 96.9 cm³/mol. The van der Waals surface area contributed by atoms with Gasteiger partial charge in [0.25, 0.3) is 0 Å². The minimum atomic E-state index is -0.297. The van der Waals surface area contributed by atoms with Crippen molar-refractivity contribution in [2.45, 2.75) is 38.1 Å². The van der Waals surface area contributed by atoms with E-state index >= 15 is 0 Å². The molecule has 1 saturated heterocycles. The number of fused-ring (bicyclic) bond motifs is 1. The zero-order valence-corrected chi connectivity index (χ0v) is 14.5. The summed E-state index contributed by atoms with van der Waals surface area (Å²) in [6.07, 6.45) is 4.53. The quantitative estimate of drug-likeness (QED) is 0.815. The molecule has 1 aliphatic carbocycles. The molecule has 2 atom stereocenters. The van der Waals surface area contributed by atoms with Crippen LogP contribution in [0.1, 0.15) is 36.8 Å². The number of halogens is 1. The number of anilines is 1. The number of rotatable bonds is 2. The third-order valence-electron chi connectivity index (χ3n) is 5.95. The van der Waals surface area contributed by atoms with Crippen LogP contribution >= 0.6 is 0 Å². The smallest absolute Gasteiger partial charge is 0.314 e. The van der Waals surface area contributed by atoms with E-state index in [1.165, 1.54) is 18.1 Å². The summed E-state index contributed by atoms with van der Waals surface area (Å²) >= 11 is 0. The van der Waals surface area contributed by atoms with Gasteiger partial charge in [-0.1, -0.05) is 49.2 Å². The first kappa shape index (κ1) is 16.1. The Morgan fingerprint density at radius 3 is 2.72 bits per heavy atom. The van der Waals surface area contributed by atoms with Gasteiger partial charge in [0.1, 0.15) is 5.82 Å². The molecular formula is C21H23FN2O. The van der Waals surface area contributed by atoms with Gasteiger partial charge in [0, 0.05) is 23.7 Å². The van der Waals surface area contributed by atoms with Crippen molar-refractivity contribution in [3.63, 3.8) is 0 Å². The number of amides is 2. The highest BCUT2D eigenvalue weighted by Crippen LogP contribution is 2.53. The number of nitrogens with one attached hydrogen (secondary N) is 1. The Morgan fingerprint density at radius 1 is 1.16 bits per heavy atom. The molecule has 2 aromatic rings. The standard InChI is InChI=1S/C21H23FN2O/c1-15-18(22)11-7-12-19(15)23-20(25)24-14-17-10-5-6-13-21(17,24)16-8-3-2-4-9-16/h2-4,7-9,11-12,17H,5-6,10,13-14H2,1H3,(H,23,25)/t17-,21+/m1/s1. The summed E-state index contributed by atoms with van der Waals surface area (Å²) in [6.45, 7) is 2.46. The molecule has 0 radical (unpaired) electrons. The summed E-state index contributed by atoms with van der Waals surface area (Å²) in [5.41, 5.74) is 2.04. The first-order valence-corrected chi connectivity index (χ1v) is 9.02. The monoisotopic (exact) mass is 338 g/mol. The van der Waals surface area contributed by atoms with E-state index in [0.29, 0.717) is 17.2 Å². The molecule has 2 aromatic carbocycles. The molecular weight excluding hydrogens is 315 g/mol. The van der Waals surface area contributed by atoms with Gasteiger partial charge in [-0.15, -0.1) is 0 Å². The lowest BCUT2D eigenvalue weighted by molar-refractivity contribution is -0.0756. The zero-order chi connectivity index (χ0) is 17.4. The van der Waals surface area contributed by atoms with E-state index in [-0.39, 0.29) is 17.4 Å². The lowest BCUT2D eigenvalue weighted by Crippen LogP contribution is -2.68. The molecule has 1 N–H and O–H groups in total. The maximum atomic E-state index is 13.8. The van der Waals surface area contributed by atoms with Crippen LogP contribution in [-0.2, 0) is 5.54 Å². The minimum Gasteiger partial charge on any atom is -0.314 e. The molecule has 2 amide bonds. The number of benzene rings is 2. The van der Waals surface area contributed by atoms with Crippen molar-refractivity contribution in [3.8, 4) is 0 Å². The number of nitrogens with zero attached hydrogens (tertiary/aromatic N) is 1. The SMILES string of the molecule is Cc1c(F)cccc1NC(=O)N1C[C@H]2CCCC[C@]21c1ccccc1. The van der Waals surface area contributed by atoms with E-state index in [0.717, 1.165) is 25.8 Å². The van der Waals surface area contributed by atoms with Crippen LogP contribution in [0.3, 0.4) is 0 Å². The van der Waals surface area contributed by atoms with E-state index in [2.05, 4.69) is 17.4 Å². The zero-order valence-electron chi connectivity index (χ0n) is 14.5. The van der Waals surface area contributed by atoms with Gasteiger partial charge in [-0.2, -0.15) is 0 Å². The topological polar surface area (TPSA) is 32.3 Å². The molecule has 1 heterocycles. The van der Waals surface area contributed by atoms with Crippen molar-refractivity contribution >= 4 is 11.7 Å². The second-order valence-electron chi connectivity index (χ2n) is 7.19. The van der Waals surface area contributed by atoms with Gasteiger partial charge in [0.2, 0.25) is 0 Å². The molecule has 3 nitrogen and oxygen atoms in total. The second kappa shape index (κ2) is 6.17. The van der Waals surface area contributed by atoms with Crippen molar-refractivity contribution < 1.29 is 9.18 Å². The molecule has 25 heavy (non-hydrogen) atoms. The van der Waals surface area contributed by atoms with E-state index in [1.807, 2.05) is 23.1 Å². The fraction of sp³-hybridized carbons (Fsp3) is 0.381. The van der Waals surface area contributed by atoms with Crippen LogP contribution < -0.4 is 5.32 Å². The second-order valence-corrected chi connectivity index (χ2v) is 7.19. The number of urea groups is 1. The minimum absolute atomic E-state index is 0.129. The Hall–Kier alpha value is -2.36. The Labute approximate surface area is 147 Å². The molecule has 2 fully saturated rings. The molecule has 0 bridgehead atoms. The molecule has 4 rings (SSSR count). The highest BCUT2D eigenvalue weighted by atomic mass is 19.1. The van der Waals surface area contributed by atoms with Crippen molar-refractivity contribution in [3.05, 3.63) is 65.5 Å². The van der Waals surface area contributed by atoms with E-state index in [1.54, 1.807) is 19.1 Å². The Morgan fingerprint density at radius 2 is 1.96 bits per heavy atom. The van der Waals surface area contributed by atoms with Gasteiger partial charge in [0.15, 0.2) is 0 Å². The number of carbonyl (C=O) groups is 1. The molecule has 2 aliphatic rings. The van der Waals surface area contributed by atoms with E-state index in [9.17, 15) is 9.18 Å². The molecule has 0 aromatic heterocycles. The van der Waals surface area contributed by atoms with Crippen molar-refractivity contribution in [1.29, 1.82) is 0 Å². The van der Waals surface area contributed by atoms with Crippen molar-refractivity contribution in [2.24, 2.45) is 5.92 Å². The first-order chi connectivity index (χ1) is 12.1. The molecule has 130 valence electrons. The fourth-order valence-electron chi connectivity index (χ4n) is 4.55. The Balaban J connectivity index is 1.63. The molecule has 0 unspecified atom stereocenters. The lowest BCUT2D eigenvalue weighted by atomic mass is 9.62. The van der Waals surface area contributed by atoms with Gasteiger partial charge in [-0.05, 0) is 37.5 Å². The van der Waals surface area contributed by atoms with E-state index in [4.69, 9.17) is 0 Å². The van der Waals surface area contributed by atoms with Crippen LogP contribution in [0.15, 0.2) is 48.5 Å². The highest BCUT2D eigenvalue weighted by Gasteiger charge is 2.57. The first-order valence-electron chi connectivity index (χ1n) is 9.02. The van der Waals surface area contributed by atoms with E-state index < -0.39 is 0 Å². The molecule has 1 saturated carbocycles. The third kappa shape index (κ3) is 2.51. The number of hydrogen-bond donors (Lipinski definition) is 1. The number of carbonyl (C=O) groups excluding carboxylic acids is 1. The fourth-order valence-corrected chi connectivity index (χ4v) is 4.55. The Kier molecular flexibility index (Phi) is 3.98. The van der Waals surface area contributed by atoms with Crippen LogP contribution in [0.5, 0.6) is 0 Å².